The van der Waals surface area contributed by atoms with Crippen molar-refractivity contribution >= 4 is 28.7 Å². The van der Waals surface area contributed by atoms with Gasteiger partial charge in [-0.1, -0.05) is 25.4 Å². The highest BCUT2D eigenvalue weighted by molar-refractivity contribution is 6.30. The molecule has 3 rings (SSSR count). The van der Waals surface area contributed by atoms with Gasteiger partial charge in [0.05, 0.1) is 17.3 Å². The number of carbonyl (C=O) groups is 1. The van der Waals surface area contributed by atoms with E-state index in [0.29, 0.717) is 17.1 Å². The molecule has 0 radical (unpaired) electrons. The average molecular weight is 343 g/mol. The Hall–Kier alpha value is -2.37. The van der Waals surface area contributed by atoms with Crippen molar-refractivity contribution in [3.63, 3.8) is 0 Å². The summed E-state index contributed by atoms with van der Waals surface area (Å²) in [6, 6.07) is 9.24. The average Bonchev–Trinajstić information content (AvgIpc) is 2.99. The molecule has 3 N–H and O–H groups in total. The molecule has 124 valence electrons. The summed E-state index contributed by atoms with van der Waals surface area (Å²) in [6.45, 7) is 4.53. The molecule has 0 saturated carbocycles. The van der Waals surface area contributed by atoms with Crippen LogP contribution in [0.5, 0.6) is 0 Å². The van der Waals surface area contributed by atoms with Gasteiger partial charge in [-0.3, -0.25) is 4.79 Å². The molecule has 3 aromatic rings. The SMILES string of the molecule is CC(C)c1cc(Cl)ccc1NC(=O)c1cnn2ccc(CN)cc12. The van der Waals surface area contributed by atoms with Crippen molar-refractivity contribution in [3.05, 3.63) is 64.4 Å². The number of rotatable bonds is 4. The van der Waals surface area contributed by atoms with E-state index in [4.69, 9.17) is 17.3 Å². The number of hydrogen-bond acceptors (Lipinski definition) is 3. The lowest BCUT2D eigenvalue weighted by atomic mass is 10.0. The molecule has 0 bridgehead atoms. The third-order valence-corrected chi connectivity index (χ3v) is 4.19. The van der Waals surface area contributed by atoms with Gasteiger partial charge in [0.25, 0.3) is 5.91 Å². The molecule has 0 aliphatic rings. The Kier molecular flexibility index (Phi) is 4.55. The highest BCUT2D eigenvalue weighted by Crippen LogP contribution is 2.28. The van der Waals surface area contributed by atoms with Gasteiger partial charge in [0, 0.05) is 23.5 Å². The maximum absolute atomic E-state index is 12.7. The quantitative estimate of drug-likeness (QED) is 0.757. The fraction of sp³-hybridized carbons (Fsp3) is 0.222. The first-order valence-corrected chi connectivity index (χ1v) is 8.14. The van der Waals surface area contributed by atoms with Gasteiger partial charge in [-0.2, -0.15) is 5.10 Å². The van der Waals surface area contributed by atoms with Crippen LogP contribution in [-0.4, -0.2) is 15.5 Å². The number of nitrogens with zero attached hydrogens (tertiary/aromatic N) is 2. The Labute approximate surface area is 145 Å². The molecule has 0 aliphatic heterocycles. The second-order valence-corrected chi connectivity index (χ2v) is 6.40. The van der Waals surface area contributed by atoms with Gasteiger partial charge in [-0.05, 0) is 47.4 Å². The topological polar surface area (TPSA) is 72.4 Å². The normalized spacial score (nSPS) is 11.2. The summed E-state index contributed by atoms with van der Waals surface area (Å²) >= 11 is 6.07. The lowest BCUT2D eigenvalue weighted by molar-refractivity contribution is 0.102. The fourth-order valence-electron chi connectivity index (χ4n) is 2.64. The molecule has 0 atom stereocenters. The summed E-state index contributed by atoms with van der Waals surface area (Å²) in [6.07, 6.45) is 3.37. The van der Waals surface area contributed by atoms with Crippen molar-refractivity contribution < 1.29 is 4.79 Å². The second-order valence-electron chi connectivity index (χ2n) is 5.97. The van der Waals surface area contributed by atoms with Crippen LogP contribution in [0.4, 0.5) is 5.69 Å². The molecule has 6 heteroatoms. The first kappa shape index (κ1) is 16.5. The zero-order chi connectivity index (χ0) is 17.3. The molecule has 1 aromatic carbocycles. The number of nitrogens with one attached hydrogen (secondary N) is 1. The van der Waals surface area contributed by atoms with Crippen LogP contribution in [0, 0.1) is 0 Å². The molecule has 2 heterocycles. The Balaban J connectivity index is 1.96. The number of amides is 1. The van der Waals surface area contributed by atoms with E-state index in [0.717, 1.165) is 22.3 Å². The van der Waals surface area contributed by atoms with E-state index in [2.05, 4.69) is 24.3 Å². The number of pyridine rings is 1. The van der Waals surface area contributed by atoms with Crippen LogP contribution in [0.25, 0.3) is 5.52 Å². The van der Waals surface area contributed by atoms with Crippen LogP contribution in [0.1, 0.15) is 41.3 Å². The molecule has 0 unspecified atom stereocenters. The molecule has 0 spiro atoms. The van der Waals surface area contributed by atoms with E-state index in [9.17, 15) is 4.79 Å². The lowest BCUT2D eigenvalue weighted by Gasteiger charge is -2.14. The minimum absolute atomic E-state index is 0.205. The molecule has 5 nitrogen and oxygen atoms in total. The van der Waals surface area contributed by atoms with Crippen LogP contribution >= 0.6 is 11.6 Å². The van der Waals surface area contributed by atoms with Crippen molar-refractivity contribution in [2.75, 3.05) is 5.32 Å². The highest BCUT2D eigenvalue weighted by Gasteiger charge is 2.16. The van der Waals surface area contributed by atoms with Gasteiger partial charge >= 0.3 is 0 Å². The summed E-state index contributed by atoms with van der Waals surface area (Å²) in [4.78, 5) is 12.7. The van der Waals surface area contributed by atoms with Gasteiger partial charge in [0.1, 0.15) is 0 Å². The number of aromatic nitrogens is 2. The van der Waals surface area contributed by atoms with Gasteiger partial charge in [0.15, 0.2) is 0 Å². The zero-order valence-corrected chi connectivity index (χ0v) is 14.3. The van der Waals surface area contributed by atoms with Crippen molar-refractivity contribution in [2.24, 2.45) is 5.73 Å². The summed E-state index contributed by atoms with van der Waals surface area (Å²) in [5, 5.41) is 7.84. The van der Waals surface area contributed by atoms with Crippen molar-refractivity contribution in [2.45, 2.75) is 26.3 Å². The highest BCUT2D eigenvalue weighted by atomic mass is 35.5. The van der Waals surface area contributed by atoms with E-state index in [1.165, 1.54) is 0 Å². The predicted molar refractivity (Wildman–Crippen MR) is 96.6 cm³/mol. The number of nitrogens with two attached hydrogens (primary N) is 1. The van der Waals surface area contributed by atoms with Gasteiger partial charge < -0.3 is 11.1 Å². The third-order valence-electron chi connectivity index (χ3n) is 3.95. The Morgan fingerprint density at radius 1 is 1.33 bits per heavy atom. The summed E-state index contributed by atoms with van der Waals surface area (Å²) < 4.78 is 1.67. The minimum Gasteiger partial charge on any atom is -0.326 e. The number of carbonyl (C=O) groups excluding carboxylic acids is 1. The van der Waals surface area contributed by atoms with E-state index in [1.54, 1.807) is 23.0 Å². The molecular weight excluding hydrogens is 324 g/mol. The van der Waals surface area contributed by atoms with Crippen LogP contribution < -0.4 is 11.1 Å². The Morgan fingerprint density at radius 2 is 2.12 bits per heavy atom. The maximum Gasteiger partial charge on any atom is 0.259 e. The number of halogens is 1. The van der Waals surface area contributed by atoms with Crippen LogP contribution in [0.2, 0.25) is 5.02 Å². The van der Waals surface area contributed by atoms with Crippen molar-refractivity contribution in [1.29, 1.82) is 0 Å². The summed E-state index contributed by atoms with van der Waals surface area (Å²) in [5.41, 5.74) is 9.63. The van der Waals surface area contributed by atoms with Crippen LogP contribution in [-0.2, 0) is 6.54 Å². The molecule has 2 aromatic heterocycles. The van der Waals surface area contributed by atoms with Gasteiger partial charge in [-0.25, -0.2) is 4.52 Å². The molecule has 0 saturated heterocycles. The first-order valence-electron chi connectivity index (χ1n) is 7.76. The number of hydrogen-bond donors (Lipinski definition) is 2. The molecule has 24 heavy (non-hydrogen) atoms. The summed E-state index contributed by atoms with van der Waals surface area (Å²) in [7, 11) is 0. The molecule has 0 fully saturated rings. The van der Waals surface area contributed by atoms with Crippen molar-refractivity contribution in [1.82, 2.24) is 9.61 Å². The minimum atomic E-state index is -0.205. The molecule has 0 aliphatic carbocycles. The van der Waals surface area contributed by atoms with Gasteiger partial charge in [0.2, 0.25) is 0 Å². The number of fused-ring (bicyclic) bond motifs is 1. The van der Waals surface area contributed by atoms with Crippen LogP contribution in [0.15, 0.2) is 42.7 Å². The number of anilines is 1. The van der Waals surface area contributed by atoms with E-state index < -0.39 is 0 Å². The first-order chi connectivity index (χ1) is 11.5. The Bertz CT molecular complexity index is 901. The largest absolute Gasteiger partial charge is 0.326 e. The number of benzene rings is 1. The zero-order valence-electron chi connectivity index (χ0n) is 13.6. The van der Waals surface area contributed by atoms with E-state index in [-0.39, 0.29) is 11.8 Å². The third kappa shape index (κ3) is 3.13. The second kappa shape index (κ2) is 6.63. The van der Waals surface area contributed by atoms with E-state index >= 15 is 0 Å². The fourth-order valence-corrected chi connectivity index (χ4v) is 2.82. The van der Waals surface area contributed by atoms with Crippen molar-refractivity contribution in [3.8, 4) is 0 Å². The Morgan fingerprint density at radius 3 is 2.83 bits per heavy atom. The standard InChI is InChI=1S/C18H19ClN4O/c1-11(2)14-8-13(19)3-4-16(14)22-18(24)15-10-21-23-6-5-12(9-20)7-17(15)23/h3-8,10-11H,9,20H2,1-2H3,(H,22,24). The lowest BCUT2D eigenvalue weighted by Crippen LogP contribution is -2.13. The summed E-state index contributed by atoms with van der Waals surface area (Å²) in [5.74, 6) is 0.0372. The maximum atomic E-state index is 12.7. The van der Waals surface area contributed by atoms with E-state index in [1.807, 2.05) is 24.3 Å². The molecule has 1 amide bonds. The smallest absolute Gasteiger partial charge is 0.259 e. The molecular formula is C18H19ClN4O. The van der Waals surface area contributed by atoms with Crippen LogP contribution in [0.3, 0.4) is 0 Å². The monoisotopic (exact) mass is 342 g/mol. The predicted octanol–water partition coefficient (Wildman–Crippen LogP) is 3.82. The van der Waals surface area contributed by atoms with Gasteiger partial charge in [-0.15, -0.1) is 0 Å².